The van der Waals surface area contributed by atoms with E-state index in [1.54, 1.807) is 30.9 Å². The minimum Gasteiger partial charge on any atom is -0.265 e. The molecule has 134 valence electrons. The van der Waals surface area contributed by atoms with Crippen molar-refractivity contribution in [3.05, 3.63) is 71.4 Å². The van der Waals surface area contributed by atoms with Crippen molar-refractivity contribution in [2.75, 3.05) is 6.54 Å². The summed E-state index contributed by atoms with van der Waals surface area (Å²) in [4.78, 5) is 5.50. The van der Waals surface area contributed by atoms with Gasteiger partial charge in [0.05, 0.1) is 17.8 Å². The molecule has 8 nitrogen and oxygen atoms in total. The zero-order chi connectivity index (χ0) is 18.7. The lowest BCUT2D eigenvalue weighted by Crippen LogP contribution is -2.45. The molecule has 27 heavy (non-hydrogen) atoms. The fourth-order valence-corrected chi connectivity index (χ4v) is 2.94. The number of rotatable bonds is 5. The second kappa shape index (κ2) is 7.18. The van der Waals surface area contributed by atoms with E-state index in [1.165, 1.54) is 4.80 Å². The summed E-state index contributed by atoms with van der Waals surface area (Å²) in [6.07, 6.45) is 9.03. The van der Waals surface area contributed by atoms with Crippen molar-refractivity contribution in [3.8, 4) is 5.69 Å². The van der Waals surface area contributed by atoms with Crippen molar-refractivity contribution in [1.82, 2.24) is 25.2 Å². The zero-order valence-corrected chi connectivity index (χ0v) is 15.3. The monoisotopic (exact) mass is 379 g/mol. The third-order valence-electron chi connectivity index (χ3n) is 4.22. The molecule has 1 aliphatic heterocycles. The van der Waals surface area contributed by atoms with Gasteiger partial charge in [0.2, 0.25) is 12.2 Å². The summed E-state index contributed by atoms with van der Waals surface area (Å²) in [5.41, 5.74) is 1.71. The molecule has 3 heterocycles. The van der Waals surface area contributed by atoms with Crippen molar-refractivity contribution in [1.29, 1.82) is 0 Å². The highest BCUT2D eigenvalue weighted by molar-refractivity contribution is 6.30. The summed E-state index contributed by atoms with van der Waals surface area (Å²) < 4.78 is 0.357. The Morgan fingerprint density at radius 2 is 2.04 bits per heavy atom. The van der Waals surface area contributed by atoms with E-state index in [4.69, 9.17) is 11.6 Å². The highest BCUT2D eigenvalue weighted by Gasteiger charge is 2.34. The summed E-state index contributed by atoms with van der Waals surface area (Å²) in [5, 5.41) is 21.6. The van der Waals surface area contributed by atoms with Crippen molar-refractivity contribution in [2.45, 2.75) is 6.92 Å². The molecule has 2 aromatic heterocycles. The van der Waals surface area contributed by atoms with E-state index >= 15 is 0 Å². The number of halogens is 1. The lowest BCUT2D eigenvalue weighted by molar-refractivity contribution is -0.674. The first-order valence-corrected chi connectivity index (χ1v) is 8.74. The Hall–Kier alpha value is -3.23. The van der Waals surface area contributed by atoms with E-state index in [9.17, 15) is 0 Å². The molecule has 1 atom stereocenters. The van der Waals surface area contributed by atoms with Crippen LogP contribution in [0.4, 0.5) is 0 Å². The maximum Gasteiger partial charge on any atom is 0.265 e. The second-order valence-electron chi connectivity index (χ2n) is 5.87. The van der Waals surface area contributed by atoms with Crippen LogP contribution in [0.2, 0.25) is 5.02 Å². The number of benzene rings is 1. The van der Waals surface area contributed by atoms with Crippen LogP contribution < -0.4 is 0 Å². The molecular formula is C18H16ClN8+. The Labute approximate surface area is 160 Å². The van der Waals surface area contributed by atoms with Crippen molar-refractivity contribution in [3.63, 3.8) is 0 Å². The first-order valence-electron chi connectivity index (χ1n) is 8.36. The quantitative estimate of drug-likeness (QED) is 0.638. The summed E-state index contributed by atoms with van der Waals surface area (Å²) in [6, 6.07) is 11.1. The largest absolute Gasteiger partial charge is 0.265 e. The third-order valence-corrected chi connectivity index (χ3v) is 4.46. The van der Waals surface area contributed by atoms with Gasteiger partial charge in [-0.15, -0.1) is 15.0 Å². The number of hydrogen-bond acceptors (Lipinski definition) is 6. The minimum absolute atomic E-state index is 0.357. The molecule has 0 aliphatic carbocycles. The number of hydrogen-bond donors (Lipinski definition) is 0. The van der Waals surface area contributed by atoms with E-state index in [0.717, 1.165) is 23.6 Å². The first-order chi connectivity index (χ1) is 13.2. The van der Waals surface area contributed by atoms with Crippen LogP contribution in [0.5, 0.6) is 0 Å². The Kier molecular flexibility index (Phi) is 4.57. The Bertz CT molecular complexity index is 1040. The second-order valence-corrected chi connectivity index (χ2v) is 6.31. The predicted molar refractivity (Wildman–Crippen MR) is 103 cm³/mol. The molecule has 0 fully saturated rings. The number of tetrazole rings is 1. The average Bonchev–Trinajstić information content (AvgIpc) is 3.35. The van der Waals surface area contributed by atoms with Crippen LogP contribution >= 0.6 is 11.6 Å². The molecule has 0 amide bonds. The molecule has 0 saturated heterocycles. The number of aromatic nitrogens is 5. The molecular weight excluding hydrogens is 364 g/mol. The summed E-state index contributed by atoms with van der Waals surface area (Å²) in [5.74, 6) is 1.30. The van der Waals surface area contributed by atoms with Gasteiger partial charge in [0, 0.05) is 23.5 Å². The van der Waals surface area contributed by atoms with Crippen molar-refractivity contribution < 1.29 is 4.48 Å². The number of quaternary nitrogens is 1. The lowest BCUT2D eigenvalue weighted by atomic mass is 10.2. The molecule has 0 spiro atoms. The van der Waals surface area contributed by atoms with Crippen molar-refractivity contribution >= 4 is 29.9 Å². The van der Waals surface area contributed by atoms with Gasteiger partial charge in [-0.25, -0.2) is 4.48 Å². The molecule has 0 bridgehead atoms. The van der Waals surface area contributed by atoms with Crippen LogP contribution in [0.1, 0.15) is 18.3 Å². The summed E-state index contributed by atoms with van der Waals surface area (Å²) in [6.45, 7) is 2.80. The summed E-state index contributed by atoms with van der Waals surface area (Å²) in [7, 11) is 0. The fourth-order valence-electron chi connectivity index (χ4n) is 2.76. The number of amidine groups is 1. The first kappa shape index (κ1) is 17.2. The highest BCUT2D eigenvalue weighted by Crippen LogP contribution is 2.20. The summed E-state index contributed by atoms with van der Waals surface area (Å²) >= 11 is 6.02. The van der Waals surface area contributed by atoms with E-state index < -0.39 is 0 Å². The smallest absolute Gasteiger partial charge is 0.265 e. The van der Waals surface area contributed by atoms with Crippen LogP contribution in [-0.4, -0.2) is 48.4 Å². The van der Waals surface area contributed by atoms with Crippen LogP contribution in [-0.2, 0) is 0 Å². The molecule has 9 heteroatoms. The molecule has 1 aliphatic rings. The lowest BCUT2D eigenvalue weighted by Gasteiger charge is -2.24. The van der Waals surface area contributed by atoms with Gasteiger partial charge in [-0.05, 0) is 42.5 Å². The molecule has 3 aromatic rings. The van der Waals surface area contributed by atoms with Gasteiger partial charge in [-0.2, -0.15) is 0 Å². The van der Waals surface area contributed by atoms with Crippen LogP contribution in [0.3, 0.4) is 0 Å². The molecule has 0 saturated carbocycles. The third kappa shape index (κ3) is 3.40. The maximum absolute atomic E-state index is 6.02. The van der Waals surface area contributed by atoms with Gasteiger partial charge >= 0.3 is 0 Å². The topological polar surface area (TPSA) is 81.2 Å². The van der Waals surface area contributed by atoms with Gasteiger partial charge < -0.3 is 0 Å². The molecule has 1 aromatic carbocycles. The van der Waals surface area contributed by atoms with E-state index in [2.05, 4.69) is 37.5 Å². The van der Waals surface area contributed by atoms with Gasteiger partial charge in [0.1, 0.15) is 6.20 Å². The Balaban J connectivity index is 1.62. The Morgan fingerprint density at radius 1 is 1.19 bits per heavy atom. The highest BCUT2D eigenvalue weighted by atomic mass is 35.5. The van der Waals surface area contributed by atoms with E-state index in [-0.39, 0.29) is 0 Å². The molecule has 4 rings (SSSR count). The maximum atomic E-state index is 6.02. The van der Waals surface area contributed by atoms with Gasteiger partial charge in [-0.3, -0.25) is 4.98 Å². The molecule has 0 N–H and O–H groups in total. The normalized spacial score (nSPS) is 19.0. The zero-order valence-electron chi connectivity index (χ0n) is 14.5. The molecule has 1 unspecified atom stereocenters. The number of nitrogens with zero attached hydrogens (tertiary/aromatic N) is 8. The van der Waals surface area contributed by atoms with Crippen molar-refractivity contribution in [2.24, 2.45) is 10.2 Å². The van der Waals surface area contributed by atoms with E-state index in [0.29, 0.717) is 15.3 Å². The average molecular weight is 380 g/mol. The Morgan fingerprint density at radius 3 is 2.81 bits per heavy atom. The van der Waals surface area contributed by atoms with E-state index in [1.807, 2.05) is 36.5 Å². The van der Waals surface area contributed by atoms with Crippen LogP contribution in [0, 0.1) is 0 Å². The fraction of sp³-hybridized carbons (Fsp3) is 0.111. The van der Waals surface area contributed by atoms with Gasteiger partial charge in [0.25, 0.3) is 5.84 Å². The standard InChI is InChI=1S/C18H16ClN8/c1-2-27(13-21-23-18(27)14-6-9-20-10-7-14)11-8-17-22-25-26(24-17)16-5-3-4-15(19)12-16/h3-13H,2H2,1H3/q+1. The predicted octanol–water partition coefficient (Wildman–Crippen LogP) is 2.92. The number of pyridine rings is 1. The van der Waals surface area contributed by atoms with Gasteiger partial charge in [-0.1, -0.05) is 27.9 Å². The van der Waals surface area contributed by atoms with Gasteiger partial charge in [0.15, 0.2) is 0 Å². The SMILES string of the molecule is CC[N+]1(C=Cc2nnn(-c3cccc(Cl)c3)n2)C=NN=C1c1ccncc1. The molecule has 0 radical (unpaired) electrons. The minimum atomic E-state index is 0.357. The van der Waals surface area contributed by atoms with Crippen LogP contribution in [0.25, 0.3) is 11.8 Å². The van der Waals surface area contributed by atoms with Crippen LogP contribution in [0.15, 0.2) is 65.2 Å².